The van der Waals surface area contributed by atoms with E-state index in [9.17, 15) is 4.79 Å². The van der Waals surface area contributed by atoms with Gasteiger partial charge >= 0.3 is 0 Å². The molecule has 17 heavy (non-hydrogen) atoms. The smallest absolute Gasteiger partial charge is 0.254 e. The summed E-state index contributed by atoms with van der Waals surface area (Å²) >= 11 is 7.81. The number of nitrogens with one attached hydrogen (secondary N) is 1. The van der Waals surface area contributed by atoms with Gasteiger partial charge in [0.2, 0.25) is 0 Å². The second kappa shape index (κ2) is 6.26. The molecule has 0 aliphatic carbocycles. The molecule has 0 atom stereocenters. The number of carbonyl (C=O) groups is 1. The number of thiophene rings is 1. The first-order valence-electron chi connectivity index (χ1n) is 4.58. The molecule has 0 bridgehead atoms. The molecule has 0 saturated heterocycles. The summed E-state index contributed by atoms with van der Waals surface area (Å²) in [7, 11) is 0. The quantitative estimate of drug-likeness (QED) is 0.598. The molecule has 5 nitrogen and oxygen atoms in total. The molecule has 0 aromatic carbocycles. The second-order valence-electron chi connectivity index (χ2n) is 3.45. The van der Waals surface area contributed by atoms with Gasteiger partial charge in [-0.05, 0) is 37.9 Å². The molecule has 0 aliphatic heterocycles. The highest BCUT2D eigenvalue weighted by Gasteiger charge is 2.31. The highest BCUT2D eigenvalue weighted by molar-refractivity contribution is 9.12. The normalized spacial score (nSPS) is 11.6. The van der Waals surface area contributed by atoms with Crippen molar-refractivity contribution < 1.29 is 20.1 Å². The molecule has 4 N–H and O–H groups in total. The highest BCUT2D eigenvalue weighted by Crippen LogP contribution is 2.31. The molecule has 96 valence electrons. The van der Waals surface area contributed by atoms with Crippen LogP contribution in [0.3, 0.4) is 0 Å². The summed E-state index contributed by atoms with van der Waals surface area (Å²) in [5, 5.41) is 29.7. The van der Waals surface area contributed by atoms with Gasteiger partial charge in [-0.2, -0.15) is 0 Å². The fraction of sp³-hybridized carbons (Fsp3) is 0.444. The minimum Gasteiger partial charge on any atom is -0.394 e. The molecule has 0 unspecified atom stereocenters. The van der Waals surface area contributed by atoms with E-state index < -0.39 is 31.3 Å². The van der Waals surface area contributed by atoms with Crippen molar-refractivity contribution in [2.45, 2.75) is 5.54 Å². The fourth-order valence-electron chi connectivity index (χ4n) is 1.07. The first-order chi connectivity index (χ1) is 7.98. The number of rotatable bonds is 5. The van der Waals surface area contributed by atoms with E-state index in [0.717, 1.165) is 3.79 Å². The van der Waals surface area contributed by atoms with Crippen LogP contribution >= 0.6 is 43.2 Å². The number of hydrogen-bond acceptors (Lipinski definition) is 5. The van der Waals surface area contributed by atoms with Crippen molar-refractivity contribution in [3.63, 3.8) is 0 Å². The van der Waals surface area contributed by atoms with Gasteiger partial charge in [-0.3, -0.25) is 4.79 Å². The zero-order chi connectivity index (χ0) is 13.1. The van der Waals surface area contributed by atoms with Gasteiger partial charge in [-0.1, -0.05) is 0 Å². The van der Waals surface area contributed by atoms with Crippen LogP contribution in [-0.4, -0.2) is 46.6 Å². The van der Waals surface area contributed by atoms with Crippen molar-refractivity contribution in [1.82, 2.24) is 5.32 Å². The summed E-state index contributed by atoms with van der Waals surface area (Å²) in [6.45, 7) is -1.64. The zero-order valence-corrected chi connectivity index (χ0v) is 12.6. The standard InChI is InChI=1S/C9H11Br2NO4S/c10-6-1-5(7(11)17-6)8(16)12-9(2-13,3-14)4-15/h1,13-15H,2-4H2,(H,12,16). The van der Waals surface area contributed by atoms with Crippen LogP contribution in [0.25, 0.3) is 0 Å². The van der Waals surface area contributed by atoms with Gasteiger partial charge in [0, 0.05) is 0 Å². The average Bonchev–Trinajstić information content (AvgIpc) is 2.65. The predicted octanol–water partition coefficient (Wildman–Crippen LogP) is 0.719. The molecule has 1 aromatic rings. The third-order valence-corrected chi connectivity index (χ3v) is 4.53. The summed E-state index contributed by atoms with van der Waals surface area (Å²) in [4.78, 5) is 11.9. The lowest BCUT2D eigenvalue weighted by Crippen LogP contribution is -2.57. The van der Waals surface area contributed by atoms with Crippen LogP contribution in [0.5, 0.6) is 0 Å². The molecule has 0 aliphatic rings. The Balaban J connectivity index is 2.88. The van der Waals surface area contributed by atoms with Crippen LogP contribution in [0.2, 0.25) is 0 Å². The minimum atomic E-state index is -1.41. The van der Waals surface area contributed by atoms with Crippen molar-refractivity contribution in [2.24, 2.45) is 0 Å². The van der Waals surface area contributed by atoms with E-state index in [0.29, 0.717) is 9.35 Å². The van der Waals surface area contributed by atoms with Crippen molar-refractivity contribution >= 4 is 49.1 Å². The molecule has 1 heterocycles. The van der Waals surface area contributed by atoms with Crippen LogP contribution in [0.4, 0.5) is 0 Å². The maximum Gasteiger partial charge on any atom is 0.254 e. The number of halogens is 2. The predicted molar refractivity (Wildman–Crippen MR) is 71.2 cm³/mol. The van der Waals surface area contributed by atoms with E-state index in [1.54, 1.807) is 6.07 Å². The molecule has 8 heteroatoms. The molecule has 1 rings (SSSR count). The molecule has 1 amide bonds. The molecule has 1 aromatic heterocycles. The molecule has 0 fully saturated rings. The van der Waals surface area contributed by atoms with E-state index in [2.05, 4.69) is 37.2 Å². The summed E-state index contributed by atoms with van der Waals surface area (Å²) in [5.41, 5.74) is -1.04. The van der Waals surface area contributed by atoms with Crippen LogP contribution < -0.4 is 5.32 Å². The van der Waals surface area contributed by atoms with Crippen molar-refractivity contribution in [1.29, 1.82) is 0 Å². The SMILES string of the molecule is O=C(NC(CO)(CO)CO)c1cc(Br)sc1Br. The number of carbonyl (C=O) groups excluding carboxylic acids is 1. The molecule has 0 saturated carbocycles. The first-order valence-corrected chi connectivity index (χ1v) is 6.98. The van der Waals surface area contributed by atoms with Crippen molar-refractivity contribution in [3.8, 4) is 0 Å². The van der Waals surface area contributed by atoms with Gasteiger partial charge in [0.15, 0.2) is 0 Å². The Morgan fingerprint density at radius 1 is 1.29 bits per heavy atom. The lowest BCUT2D eigenvalue weighted by Gasteiger charge is -2.28. The van der Waals surface area contributed by atoms with Gasteiger partial charge in [0.1, 0.15) is 5.54 Å². The van der Waals surface area contributed by atoms with Crippen LogP contribution in [0.15, 0.2) is 13.6 Å². The van der Waals surface area contributed by atoms with Gasteiger partial charge in [0.25, 0.3) is 5.91 Å². The van der Waals surface area contributed by atoms with Crippen LogP contribution in [0, 0.1) is 0 Å². The van der Waals surface area contributed by atoms with Crippen molar-refractivity contribution in [2.75, 3.05) is 19.8 Å². The molecule has 0 radical (unpaired) electrons. The topological polar surface area (TPSA) is 89.8 Å². The van der Waals surface area contributed by atoms with E-state index in [-0.39, 0.29) is 0 Å². The fourth-order valence-corrected chi connectivity index (χ4v) is 3.87. The Hall–Kier alpha value is 0.01000. The Morgan fingerprint density at radius 3 is 2.18 bits per heavy atom. The second-order valence-corrected chi connectivity index (χ2v) is 7.20. The number of aliphatic hydroxyl groups excluding tert-OH is 3. The minimum absolute atomic E-state index is 0.376. The van der Waals surface area contributed by atoms with Crippen molar-refractivity contribution in [3.05, 3.63) is 19.2 Å². The number of amides is 1. The maximum atomic E-state index is 11.9. The Kier molecular flexibility index (Phi) is 5.55. The van der Waals surface area contributed by atoms with Gasteiger partial charge in [-0.15, -0.1) is 11.3 Å². The number of hydrogen-bond donors (Lipinski definition) is 4. The summed E-state index contributed by atoms with van der Waals surface area (Å²) in [6.07, 6.45) is 0. The summed E-state index contributed by atoms with van der Waals surface area (Å²) in [6, 6.07) is 1.61. The number of aliphatic hydroxyl groups is 3. The monoisotopic (exact) mass is 387 g/mol. The van der Waals surface area contributed by atoms with E-state index in [1.807, 2.05) is 0 Å². The zero-order valence-electron chi connectivity index (χ0n) is 8.61. The van der Waals surface area contributed by atoms with E-state index in [4.69, 9.17) is 15.3 Å². The molecule has 0 spiro atoms. The lowest BCUT2D eigenvalue weighted by atomic mass is 10.0. The lowest BCUT2D eigenvalue weighted by molar-refractivity contribution is 0.0375. The third-order valence-electron chi connectivity index (χ3n) is 2.19. The first kappa shape index (κ1) is 15.1. The third kappa shape index (κ3) is 3.49. The molecular weight excluding hydrogens is 378 g/mol. The summed E-state index contributed by atoms with van der Waals surface area (Å²) in [5.74, 6) is -0.476. The Morgan fingerprint density at radius 2 is 1.82 bits per heavy atom. The largest absolute Gasteiger partial charge is 0.394 e. The highest BCUT2D eigenvalue weighted by atomic mass is 79.9. The van der Waals surface area contributed by atoms with Gasteiger partial charge in [-0.25, -0.2) is 0 Å². The van der Waals surface area contributed by atoms with Gasteiger partial charge in [0.05, 0.1) is 33.0 Å². The molecular formula is C9H11Br2NO4S. The van der Waals surface area contributed by atoms with Crippen LogP contribution in [-0.2, 0) is 0 Å². The summed E-state index contributed by atoms with van der Waals surface area (Å²) < 4.78 is 1.40. The average molecular weight is 389 g/mol. The maximum absolute atomic E-state index is 11.9. The van der Waals surface area contributed by atoms with Gasteiger partial charge < -0.3 is 20.6 Å². The Bertz CT molecular complexity index is 397. The Labute approximate surface area is 119 Å². The van der Waals surface area contributed by atoms with Crippen LogP contribution in [0.1, 0.15) is 10.4 Å². The van der Waals surface area contributed by atoms with E-state index in [1.165, 1.54) is 11.3 Å². The van der Waals surface area contributed by atoms with E-state index >= 15 is 0 Å².